The van der Waals surface area contributed by atoms with Gasteiger partial charge in [-0.25, -0.2) is 18.0 Å². The molecule has 0 atom stereocenters. The average molecular weight is 494 g/mol. The fourth-order valence-electron chi connectivity index (χ4n) is 3.67. The van der Waals surface area contributed by atoms with Crippen LogP contribution in [0.5, 0.6) is 0 Å². The van der Waals surface area contributed by atoms with Gasteiger partial charge in [0.2, 0.25) is 0 Å². The summed E-state index contributed by atoms with van der Waals surface area (Å²) in [6.45, 7) is -0.167. The largest absolute Gasteiger partial charge is 0.452 e. The number of ether oxygens (including phenoxy) is 1. The van der Waals surface area contributed by atoms with Crippen LogP contribution in [-0.2, 0) is 32.5 Å². The summed E-state index contributed by atoms with van der Waals surface area (Å²) in [5, 5.41) is 4.59. The standard InChI is InChI=1S/C25H23N3O6S/c29-23(27-25(31)26-16-18-7-2-1-3-8-18)17-34-24(30)20-10-6-11-21(15-20)35(32,33)28-14-13-19-9-4-5-12-22(19)28/h1-12,15H,13-14,16-17H2,(H2,26,27,29,31). The monoisotopic (exact) mass is 493 g/mol. The number of esters is 1. The molecular weight excluding hydrogens is 470 g/mol. The van der Waals surface area contributed by atoms with E-state index in [2.05, 4.69) is 10.6 Å². The van der Waals surface area contributed by atoms with Crippen molar-refractivity contribution in [3.8, 4) is 0 Å². The number of hydrogen-bond donors (Lipinski definition) is 2. The Balaban J connectivity index is 1.33. The van der Waals surface area contributed by atoms with Crippen molar-refractivity contribution in [2.45, 2.75) is 17.9 Å². The van der Waals surface area contributed by atoms with Crippen molar-refractivity contribution in [2.75, 3.05) is 17.5 Å². The Kier molecular flexibility index (Phi) is 7.11. The van der Waals surface area contributed by atoms with Crippen LogP contribution in [0.2, 0.25) is 0 Å². The lowest BCUT2D eigenvalue weighted by Gasteiger charge is -2.19. The molecule has 3 amide bonds. The SMILES string of the molecule is O=C(COC(=O)c1cccc(S(=O)(=O)N2CCc3ccccc32)c1)NC(=O)NCc1ccccc1. The zero-order chi connectivity index (χ0) is 24.8. The summed E-state index contributed by atoms with van der Waals surface area (Å²) in [6.07, 6.45) is 0.602. The average Bonchev–Trinajstić information content (AvgIpc) is 3.32. The van der Waals surface area contributed by atoms with E-state index in [4.69, 9.17) is 4.74 Å². The zero-order valence-electron chi connectivity index (χ0n) is 18.6. The second-order valence-electron chi connectivity index (χ2n) is 7.78. The van der Waals surface area contributed by atoms with Gasteiger partial charge in [-0.15, -0.1) is 0 Å². The van der Waals surface area contributed by atoms with Crippen LogP contribution in [0.15, 0.2) is 83.8 Å². The number of carbonyl (C=O) groups excluding carboxylic acids is 3. The molecule has 4 rings (SSSR count). The first-order chi connectivity index (χ1) is 16.8. The number of sulfonamides is 1. The summed E-state index contributed by atoms with van der Waals surface area (Å²) in [5.41, 5.74) is 2.38. The third kappa shape index (κ3) is 5.67. The molecule has 0 unspecified atom stereocenters. The van der Waals surface area contributed by atoms with Crippen LogP contribution in [-0.4, -0.2) is 39.5 Å². The van der Waals surface area contributed by atoms with Crippen LogP contribution in [0.3, 0.4) is 0 Å². The quantitative estimate of drug-likeness (QED) is 0.488. The highest BCUT2D eigenvalue weighted by molar-refractivity contribution is 7.92. The number of urea groups is 1. The van der Waals surface area contributed by atoms with E-state index >= 15 is 0 Å². The number of fused-ring (bicyclic) bond motifs is 1. The fraction of sp³-hybridized carbons (Fsp3) is 0.160. The molecule has 1 heterocycles. The van der Waals surface area contributed by atoms with Gasteiger partial charge in [-0.2, -0.15) is 0 Å². The van der Waals surface area contributed by atoms with Gasteiger partial charge in [0.1, 0.15) is 0 Å². The van der Waals surface area contributed by atoms with Crippen LogP contribution < -0.4 is 14.9 Å². The van der Waals surface area contributed by atoms with Gasteiger partial charge in [0.25, 0.3) is 15.9 Å². The first-order valence-electron chi connectivity index (χ1n) is 10.8. The van der Waals surface area contributed by atoms with Crippen LogP contribution in [0, 0.1) is 0 Å². The Morgan fingerprint density at radius 3 is 2.46 bits per heavy atom. The Morgan fingerprint density at radius 1 is 0.914 bits per heavy atom. The van der Waals surface area contributed by atoms with Crippen molar-refractivity contribution in [3.63, 3.8) is 0 Å². The molecule has 0 spiro atoms. The molecule has 3 aromatic rings. The van der Waals surface area contributed by atoms with Gasteiger partial charge in [0.05, 0.1) is 16.1 Å². The maximum absolute atomic E-state index is 13.2. The highest BCUT2D eigenvalue weighted by atomic mass is 32.2. The van der Waals surface area contributed by atoms with E-state index in [-0.39, 0.29) is 17.0 Å². The van der Waals surface area contributed by atoms with E-state index in [9.17, 15) is 22.8 Å². The minimum absolute atomic E-state index is 0.0279. The number of imide groups is 1. The van der Waals surface area contributed by atoms with E-state index in [0.717, 1.165) is 11.1 Å². The molecule has 0 fully saturated rings. The minimum atomic E-state index is -3.89. The van der Waals surface area contributed by atoms with Crippen molar-refractivity contribution in [1.29, 1.82) is 0 Å². The molecule has 2 N–H and O–H groups in total. The molecule has 0 aliphatic carbocycles. The van der Waals surface area contributed by atoms with Crippen LogP contribution >= 0.6 is 0 Å². The highest BCUT2D eigenvalue weighted by Crippen LogP contribution is 2.32. The minimum Gasteiger partial charge on any atom is -0.452 e. The Hall–Kier alpha value is -4.18. The first-order valence-corrected chi connectivity index (χ1v) is 12.3. The second kappa shape index (κ2) is 10.4. The lowest BCUT2D eigenvalue weighted by atomic mass is 10.2. The summed E-state index contributed by atoms with van der Waals surface area (Å²) >= 11 is 0. The Morgan fingerprint density at radius 2 is 1.66 bits per heavy atom. The van der Waals surface area contributed by atoms with E-state index < -0.39 is 34.5 Å². The number of nitrogens with one attached hydrogen (secondary N) is 2. The van der Waals surface area contributed by atoms with E-state index in [1.807, 2.05) is 42.5 Å². The van der Waals surface area contributed by atoms with Gasteiger partial charge in [-0.3, -0.25) is 14.4 Å². The summed E-state index contributed by atoms with van der Waals surface area (Å²) < 4.78 is 32.7. The molecular formula is C25H23N3O6S. The molecule has 1 aliphatic heterocycles. The van der Waals surface area contributed by atoms with E-state index in [0.29, 0.717) is 18.7 Å². The summed E-state index contributed by atoms with van der Waals surface area (Å²) in [7, 11) is -3.89. The van der Waals surface area contributed by atoms with Crippen molar-refractivity contribution in [1.82, 2.24) is 10.6 Å². The molecule has 9 nitrogen and oxygen atoms in total. The maximum Gasteiger partial charge on any atom is 0.338 e. The molecule has 3 aromatic carbocycles. The molecule has 0 bridgehead atoms. The molecule has 0 aromatic heterocycles. The molecule has 0 radical (unpaired) electrons. The summed E-state index contributed by atoms with van der Waals surface area (Å²) in [5.74, 6) is -1.70. The molecule has 10 heteroatoms. The van der Waals surface area contributed by atoms with Gasteiger partial charge in [-0.1, -0.05) is 54.6 Å². The fourth-order valence-corrected chi connectivity index (χ4v) is 5.22. The molecule has 1 aliphatic rings. The molecule has 0 saturated heterocycles. The Bertz CT molecular complexity index is 1360. The van der Waals surface area contributed by atoms with Crippen molar-refractivity contribution in [3.05, 3.63) is 95.6 Å². The predicted octanol–water partition coefficient (Wildman–Crippen LogP) is 2.62. The molecule has 35 heavy (non-hydrogen) atoms. The van der Waals surface area contributed by atoms with Crippen molar-refractivity contribution < 1.29 is 27.5 Å². The number of amides is 3. The Labute approximate surface area is 202 Å². The van der Waals surface area contributed by atoms with Gasteiger partial charge in [-0.05, 0) is 41.8 Å². The number of benzene rings is 3. The lowest BCUT2D eigenvalue weighted by Crippen LogP contribution is -2.41. The third-order valence-corrected chi connectivity index (χ3v) is 7.19. The summed E-state index contributed by atoms with van der Waals surface area (Å²) in [6, 6.07) is 21.1. The second-order valence-corrected chi connectivity index (χ2v) is 9.64. The number of nitrogens with zero attached hydrogens (tertiary/aromatic N) is 1. The zero-order valence-corrected chi connectivity index (χ0v) is 19.5. The number of rotatable bonds is 7. The van der Waals surface area contributed by atoms with E-state index in [1.165, 1.54) is 28.6 Å². The van der Waals surface area contributed by atoms with Crippen LogP contribution in [0.25, 0.3) is 0 Å². The number of para-hydroxylation sites is 1. The third-order valence-electron chi connectivity index (χ3n) is 5.39. The molecule has 180 valence electrons. The molecule has 0 saturated carbocycles. The van der Waals surface area contributed by atoms with Gasteiger partial charge in [0.15, 0.2) is 6.61 Å². The maximum atomic E-state index is 13.2. The van der Waals surface area contributed by atoms with Gasteiger partial charge < -0.3 is 10.1 Å². The normalized spacial score (nSPS) is 12.5. The smallest absolute Gasteiger partial charge is 0.338 e. The predicted molar refractivity (Wildman–Crippen MR) is 128 cm³/mol. The van der Waals surface area contributed by atoms with Gasteiger partial charge >= 0.3 is 12.0 Å². The lowest BCUT2D eigenvalue weighted by molar-refractivity contribution is -0.123. The van der Waals surface area contributed by atoms with Crippen LogP contribution in [0.4, 0.5) is 10.5 Å². The van der Waals surface area contributed by atoms with Crippen molar-refractivity contribution >= 4 is 33.6 Å². The number of anilines is 1. The highest BCUT2D eigenvalue weighted by Gasteiger charge is 2.31. The van der Waals surface area contributed by atoms with Crippen molar-refractivity contribution in [2.24, 2.45) is 0 Å². The van der Waals surface area contributed by atoms with Gasteiger partial charge in [0, 0.05) is 13.1 Å². The van der Waals surface area contributed by atoms with E-state index in [1.54, 1.807) is 12.1 Å². The number of hydrogen-bond acceptors (Lipinski definition) is 6. The summed E-state index contributed by atoms with van der Waals surface area (Å²) in [4.78, 5) is 36.2. The topological polar surface area (TPSA) is 122 Å². The van der Waals surface area contributed by atoms with Crippen LogP contribution in [0.1, 0.15) is 21.5 Å². The number of carbonyl (C=O) groups is 3. The first kappa shape index (κ1) is 24.0.